The van der Waals surface area contributed by atoms with Gasteiger partial charge in [0.2, 0.25) is 0 Å². The molecule has 6 bridgehead atoms. The summed E-state index contributed by atoms with van der Waals surface area (Å²) in [7, 11) is 6.76. The molecule has 4 fully saturated rings. The van der Waals surface area contributed by atoms with Gasteiger partial charge in [-0.3, -0.25) is 19.4 Å². The maximum absolute atomic E-state index is 14.3. The van der Waals surface area contributed by atoms with Gasteiger partial charge in [0.1, 0.15) is 16.6 Å². The van der Waals surface area contributed by atoms with Crippen LogP contribution in [0.25, 0.3) is 21.8 Å². The third-order valence-corrected chi connectivity index (χ3v) is 14.8. The van der Waals surface area contributed by atoms with Crippen LogP contribution in [-0.2, 0) is 37.3 Å². The number of nitrogens with zero attached hydrogens (tertiary/aromatic N) is 2. The van der Waals surface area contributed by atoms with Crippen LogP contribution in [0.15, 0.2) is 48.0 Å². The Kier molecular flexibility index (Phi) is 8.56. The Balaban J connectivity index is 1.30. The lowest BCUT2D eigenvalue weighted by atomic mass is 9.56. The van der Waals surface area contributed by atoms with Gasteiger partial charge in [-0.1, -0.05) is 43.2 Å². The van der Waals surface area contributed by atoms with E-state index in [-0.39, 0.29) is 42.5 Å². The van der Waals surface area contributed by atoms with Crippen LogP contribution in [0.3, 0.4) is 0 Å². The van der Waals surface area contributed by atoms with Crippen molar-refractivity contribution >= 4 is 33.7 Å². The Labute approximate surface area is 317 Å². The number of allylic oxidation sites excluding steroid dienone is 1. The summed E-state index contributed by atoms with van der Waals surface area (Å²) >= 11 is 0. The van der Waals surface area contributed by atoms with Gasteiger partial charge in [-0.25, -0.2) is 0 Å². The summed E-state index contributed by atoms with van der Waals surface area (Å²) in [5, 5.41) is 13.7. The number of likely N-dealkylation sites (tertiary alicyclic amines) is 1. The minimum Gasteiger partial charge on any atom is -0.496 e. The van der Waals surface area contributed by atoms with Crippen molar-refractivity contribution in [1.82, 2.24) is 19.8 Å². The van der Waals surface area contributed by atoms with Crippen molar-refractivity contribution in [3.63, 3.8) is 0 Å². The molecular weight excluding hydrogens is 681 g/mol. The molecule has 0 amide bonds. The molecule has 4 aliphatic heterocycles. The average Bonchev–Trinajstić information content (AvgIpc) is 3.72. The lowest BCUT2D eigenvalue weighted by Crippen LogP contribution is -2.67. The first-order chi connectivity index (χ1) is 26.2. The van der Waals surface area contributed by atoms with Crippen LogP contribution in [0, 0.1) is 23.2 Å². The number of rotatable bonds is 6. The highest BCUT2D eigenvalue weighted by atomic mass is 16.5. The van der Waals surface area contributed by atoms with E-state index in [0.717, 1.165) is 94.4 Å². The molecule has 0 spiro atoms. The first-order valence-corrected chi connectivity index (χ1v) is 19.9. The predicted molar refractivity (Wildman–Crippen MR) is 208 cm³/mol. The molecule has 10 rings (SSSR count). The van der Waals surface area contributed by atoms with Crippen LogP contribution >= 0.6 is 0 Å². The molecule has 4 aromatic rings. The molecule has 10 nitrogen and oxygen atoms in total. The molecule has 9 unspecified atom stereocenters. The number of hydrogen-bond acceptors (Lipinski definition) is 8. The summed E-state index contributed by atoms with van der Waals surface area (Å²) in [6, 6.07) is 12.6. The standard InChI is InChI=1S/C44H54N4O6/c1-7-25-15-24-20-43(41(50)53-5)39-28(13-14-48(21-24)40(25)43)29-16-30(36(52-4)19-35(29)46-39)31-17-33-26(8-2)22-47(3)37(44(33,23-49)42(51)54-6)18-32-27-11-9-10-12-34(27)45-38(31)32/h8-12,16,19,24-25,31,33,37,40,45-46,49H,7,13-15,17-18,20-23H2,1-6H3. The smallest absolute Gasteiger partial charge is 0.319 e. The van der Waals surface area contributed by atoms with Crippen LogP contribution in [0.2, 0.25) is 0 Å². The van der Waals surface area contributed by atoms with Crippen molar-refractivity contribution in [2.75, 3.05) is 54.6 Å². The van der Waals surface area contributed by atoms with Gasteiger partial charge in [-0.05, 0) is 81.2 Å². The molecule has 2 aromatic heterocycles. The molecule has 10 heteroatoms. The number of carbonyl (C=O) groups excluding carboxylic acids is 2. The monoisotopic (exact) mass is 734 g/mol. The van der Waals surface area contributed by atoms with Crippen molar-refractivity contribution in [3.05, 3.63) is 76.1 Å². The van der Waals surface area contributed by atoms with Gasteiger partial charge >= 0.3 is 11.9 Å². The third kappa shape index (κ3) is 4.68. The Morgan fingerprint density at radius 3 is 2.54 bits per heavy atom. The van der Waals surface area contributed by atoms with Crippen LogP contribution in [-0.4, -0.2) is 104 Å². The van der Waals surface area contributed by atoms with Gasteiger partial charge < -0.3 is 29.3 Å². The van der Waals surface area contributed by atoms with E-state index in [0.29, 0.717) is 31.2 Å². The average molecular weight is 735 g/mol. The minimum atomic E-state index is -1.17. The van der Waals surface area contributed by atoms with Crippen LogP contribution in [0.4, 0.5) is 0 Å². The van der Waals surface area contributed by atoms with Crippen LogP contribution in [0.5, 0.6) is 5.75 Å². The predicted octanol–water partition coefficient (Wildman–Crippen LogP) is 5.85. The number of fused-ring (bicyclic) bond motifs is 9. The maximum atomic E-state index is 14.3. The van der Waals surface area contributed by atoms with E-state index >= 15 is 0 Å². The topological polar surface area (TPSA) is 120 Å². The first kappa shape index (κ1) is 35.6. The normalized spacial score (nSPS) is 33.8. The number of para-hydroxylation sites is 1. The number of aliphatic hydroxyl groups excluding tert-OH is 1. The summed E-state index contributed by atoms with van der Waals surface area (Å²) in [6.45, 7) is 6.60. The lowest BCUT2D eigenvalue weighted by Gasteiger charge is -2.57. The molecule has 0 radical (unpaired) electrons. The highest BCUT2D eigenvalue weighted by Crippen LogP contribution is 2.57. The number of esters is 2. The van der Waals surface area contributed by atoms with Crippen LogP contribution < -0.4 is 4.74 Å². The number of carbonyl (C=O) groups is 2. The molecule has 6 heterocycles. The highest BCUT2D eigenvalue weighted by Gasteiger charge is 2.63. The molecule has 1 saturated carbocycles. The Bertz CT molecular complexity index is 2190. The van der Waals surface area contributed by atoms with Gasteiger partial charge in [0.05, 0.1) is 27.9 Å². The number of nitrogens with one attached hydrogen (secondary N) is 2. The van der Waals surface area contributed by atoms with Gasteiger partial charge in [0.25, 0.3) is 0 Å². The second-order valence-corrected chi connectivity index (χ2v) is 16.8. The van der Waals surface area contributed by atoms with Crippen molar-refractivity contribution in [2.45, 2.75) is 75.8 Å². The van der Waals surface area contributed by atoms with Gasteiger partial charge in [-0.15, -0.1) is 0 Å². The van der Waals surface area contributed by atoms with Crippen LogP contribution in [0.1, 0.15) is 73.5 Å². The van der Waals surface area contributed by atoms with E-state index in [1.54, 1.807) is 14.2 Å². The lowest BCUT2D eigenvalue weighted by molar-refractivity contribution is -0.169. The number of aliphatic hydroxyl groups is 1. The fourth-order valence-electron chi connectivity index (χ4n) is 12.6. The molecule has 3 N–H and O–H groups in total. The molecule has 3 saturated heterocycles. The fourth-order valence-corrected chi connectivity index (χ4v) is 12.6. The number of ether oxygens (including phenoxy) is 3. The van der Waals surface area contributed by atoms with E-state index in [2.05, 4.69) is 76.2 Å². The molecule has 2 aliphatic carbocycles. The molecule has 6 aliphatic rings. The van der Waals surface area contributed by atoms with E-state index in [1.807, 2.05) is 6.92 Å². The SMILES string of the molecule is CC=C1CN(C)C2Cc3c([nH]c4ccccc34)C(c3cc4c5c([nH]c4cc3OC)C3(C(=O)OC)CC4CC(CC)C3N(CC5)C4)CC1C2(CO)C(=O)OC. The largest absolute Gasteiger partial charge is 0.496 e. The molecular formula is C44H54N4O6. The van der Waals surface area contributed by atoms with Gasteiger partial charge in [0.15, 0.2) is 0 Å². The summed E-state index contributed by atoms with van der Waals surface area (Å²) in [6.07, 6.45) is 7.07. The molecule has 2 aromatic carbocycles. The van der Waals surface area contributed by atoms with Crippen molar-refractivity contribution in [1.29, 1.82) is 0 Å². The zero-order valence-corrected chi connectivity index (χ0v) is 32.5. The number of benzene rings is 2. The Hall–Kier alpha value is -4.12. The molecule has 286 valence electrons. The Morgan fingerprint density at radius 1 is 1.02 bits per heavy atom. The number of methoxy groups -OCH3 is 3. The summed E-state index contributed by atoms with van der Waals surface area (Å²) in [5.74, 6) is 0.613. The fraction of sp³-hybridized carbons (Fsp3) is 0.545. The first-order valence-electron chi connectivity index (χ1n) is 19.9. The second kappa shape index (κ2) is 13.0. The number of H-pyrrole nitrogens is 2. The second-order valence-electron chi connectivity index (χ2n) is 16.8. The Morgan fingerprint density at radius 2 is 1.81 bits per heavy atom. The minimum absolute atomic E-state index is 0.0942. The summed E-state index contributed by atoms with van der Waals surface area (Å²) in [4.78, 5) is 41.0. The zero-order chi connectivity index (χ0) is 37.7. The highest BCUT2D eigenvalue weighted by molar-refractivity contribution is 5.93. The quantitative estimate of drug-likeness (QED) is 0.167. The van der Waals surface area contributed by atoms with E-state index < -0.39 is 10.8 Å². The van der Waals surface area contributed by atoms with E-state index in [4.69, 9.17) is 14.2 Å². The molecule has 54 heavy (non-hydrogen) atoms. The van der Waals surface area contributed by atoms with E-state index in [1.165, 1.54) is 12.7 Å². The summed E-state index contributed by atoms with van der Waals surface area (Å²) < 4.78 is 17.6. The number of hydrogen-bond donors (Lipinski definition) is 3. The number of aromatic nitrogens is 2. The number of likely N-dealkylation sites (N-methyl/N-ethyl adjacent to an activating group) is 1. The summed E-state index contributed by atoms with van der Waals surface area (Å²) in [5.41, 5.74) is 6.70. The van der Waals surface area contributed by atoms with Crippen molar-refractivity contribution in [3.8, 4) is 5.75 Å². The number of piperidine rings is 3. The third-order valence-electron chi connectivity index (χ3n) is 14.8. The van der Waals surface area contributed by atoms with Crippen molar-refractivity contribution in [2.24, 2.45) is 23.2 Å². The van der Waals surface area contributed by atoms with Crippen molar-refractivity contribution < 1.29 is 28.9 Å². The number of aromatic amines is 2. The van der Waals surface area contributed by atoms with E-state index in [9.17, 15) is 14.7 Å². The zero-order valence-electron chi connectivity index (χ0n) is 32.5. The maximum Gasteiger partial charge on any atom is 0.319 e. The van der Waals surface area contributed by atoms with Gasteiger partial charge in [-0.2, -0.15) is 0 Å². The van der Waals surface area contributed by atoms with Gasteiger partial charge in [0, 0.05) is 88.4 Å². The molecule has 9 atom stereocenters.